The minimum Gasteiger partial charge on any atom is -0.496 e. The molecule has 0 spiro atoms. The van der Waals surface area contributed by atoms with E-state index >= 15 is 0 Å². The van der Waals surface area contributed by atoms with Crippen LogP contribution in [0.5, 0.6) is 11.5 Å². The summed E-state index contributed by atoms with van der Waals surface area (Å²) in [6.07, 6.45) is 0.600. The van der Waals surface area contributed by atoms with Gasteiger partial charge in [-0.2, -0.15) is 0 Å². The molecule has 32 heavy (non-hydrogen) atoms. The Morgan fingerprint density at radius 2 is 1.78 bits per heavy atom. The van der Waals surface area contributed by atoms with Crippen molar-refractivity contribution in [2.24, 2.45) is 0 Å². The third-order valence-corrected chi connectivity index (χ3v) is 6.13. The van der Waals surface area contributed by atoms with Crippen LogP contribution in [0, 0.1) is 5.82 Å². The number of ether oxygens (including phenoxy) is 3. The van der Waals surface area contributed by atoms with Gasteiger partial charge in [0, 0.05) is 38.9 Å². The van der Waals surface area contributed by atoms with Crippen molar-refractivity contribution in [3.8, 4) is 11.5 Å². The van der Waals surface area contributed by atoms with Crippen LogP contribution in [0.3, 0.4) is 0 Å². The van der Waals surface area contributed by atoms with E-state index in [9.17, 15) is 14.0 Å². The average molecular weight is 442 g/mol. The highest BCUT2D eigenvalue weighted by Gasteiger charge is 2.41. The van der Waals surface area contributed by atoms with E-state index in [-0.39, 0.29) is 29.6 Å². The summed E-state index contributed by atoms with van der Waals surface area (Å²) in [4.78, 5) is 27.8. The minimum atomic E-state index is -1.32. The molecule has 1 N–H and O–H groups in total. The molecule has 2 bridgehead atoms. The standard InChI is InChI=1S/C24H27FN2O5/c1-23(2)31-19-9-5-8-18(30-3)20(19)21(28)26-15-24(16-6-4-7-17(25)14-16)10-12-27(13-11-24)22(29)32-23/h4-9,14H,10-13,15H2,1-3H3,(H,26,28). The molecule has 3 aliphatic rings. The molecule has 3 aliphatic heterocycles. The number of methoxy groups -OCH3 is 1. The maximum Gasteiger partial charge on any atom is 0.413 e. The third kappa shape index (κ3) is 4.22. The second-order valence-corrected chi connectivity index (χ2v) is 8.66. The van der Waals surface area contributed by atoms with E-state index in [1.807, 2.05) is 6.07 Å². The average Bonchev–Trinajstić information content (AvgIpc) is 2.77. The molecule has 2 amide bonds. The molecule has 3 heterocycles. The van der Waals surface area contributed by atoms with Crippen LogP contribution in [0.2, 0.25) is 0 Å². The lowest BCUT2D eigenvalue weighted by atomic mass is 9.72. The topological polar surface area (TPSA) is 77.1 Å². The molecule has 8 heteroatoms. The van der Waals surface area contributed by atoms with Crippen LogP contribution in [0.1, 0.15) is 42.6 Å². The van der Waals surface area contributed by atoms with E-state index in [1.165, 1.54) is 19.2 Å². The summed E-state index contributed by atoms with van der Waals surface area (Å²) in [6, 6.07) is 11.4. The summed E-state index contributed by atoms with van der Waals surface area (Å²) in [5.41, 5.74) is 0.473. The van der Waals surface area contributed by atoms with Gasteiger partial charge in [-0.1, -0.05) is 18.2 Å². The van der Waals surface area contributed by atoms with Gasteiger partial charge in [0.05, 0.1) is 7.11 Å². The molecule has 170 valence electrons. The second-order valence-electron chi connectivity index (χ2n) is 8.66. The quantitative estimate of drug-likeness (QED) is 0.764. The zero-order chi connectivity index (χ0) is 22.9. The molecule has 1 saturated heterocycles. The fourth-order valence-electron chi connectivity index (χ4n) is 4.39. The molecule has 7 nitrogen and oxygen atoms in total. The third-order valence-electron chi connectivity index (χ3n) is 6.13. The number of amides is 2. The largest absolute Gasteiger partial charge is 0.496 e. The fourth-order valence-corrected chi connectivity index (χ4v) is 4.39. The Bertz CT molecular complexity index is 1030. The summed E-state index contributed by atoms with van der Waals surface area (Å²) >= 11 is 0. The van der Waals surface area contributed by atoms with E-state index < -0.39 is 17.3 Å². The molecule has 0 saturated carbocycles. The van der Waals surface area contributed by atoms with E-state index in [0.29, 0.717) is 31.7 Å². The van der Waals surface area contributed by atoms with Crippen molar-refractivity contribution in [2.45, 2.75) is 37.9 Å². The number of nitrogens with zero attached hydrogens (tertiary/aromatic N) is 1. The first-order valence-electron chi connectivity index (χ1n) is 10.6. The van der Waals surface area contributed by atoms with Gasteiger partial charge in [-0.05, 0) is 42.7 Å². The Kier molecular flexibility index (Phi) is 5.71. The van der Waals surface area contributed by atoms with E-state index in [0.717, 1.165) is 5.56 Å². The molecule has 2 aromatic rings. The van der Waals surface area contributed by atoms with Gasteiger partial charge < -0.3 is 24.4 Å². The lowest BCUT2D eigenvalue weighted by Crippen LogP contribution is -2.51. The van der Waals surface area contributed by atoms with E-state index in [1.54, 1.807) is 43.0 Å². The van der Waals surface area contributed by atoms with Crippen molar-refractivity contribution >= 4 is 12.0 Å². The second kappa shape index (κ2) is 8.33. The van der Waals surface area contributed by atoms with Gasteiger partial charge in [0.2, 0.25) is 0 Å². The van der Waals surface area contributed by atoms with Crippen LogP contribution >= 0.6 is 0 Å². The molecule has 0 aliphatic carbocycles. The molecule has 0 radical (unpaired) electrons. The molecule has 2 aromatic carbocycles. The Morgan fingerprint density at radius 3 is 2.47 bits per heavy atom. The number of halogens is 1. The lowest BCUT2D eigenvalue weighted by Gasteiger charge is -2.42. The Balaban J connectivity index is 1.78. The number of fused-ring (bicyclic) bond motifs is 7. The lowest BCUT2D eigenvalue weighted by molar-refractivity contribution is -0.121. The summed E-state index contributed by atoms with van der Waals surface area (Å²) in [7, 11) is 1.47. The maximum atomic E-state index is 14.1. The normalized spacial score (nSPS) is 19.9. The number of piperidine rings is 1. The first kappa shape index (κ1) is 21.9. The SMILES string of the molecule is COc1cccc2c1C(=O)NCC1(c3cccc(F)c3)CCN(CC1)C(=O)OC(C)(C)O2. The predicted molar refractivity (Wildman–Crippen MR) is 115 cm³/mol. The number of hydrogen-bond acceptors (Lipinski definition) is 5. The smallest absolute Gasteiger partial charge is 0.413 e. The summed E-state index contributed by atoms with van der Waals surface area (Å²) in [6.45, 7) is 4.34. The molecule has 5 rings (SSSR count). The molecular weight excluding hydrogens is 415 g/mol. The Labute approximate surface area is 186 Å². The summed E-state index contributed by atoms with van der Waals surface area (Å²) < 4.78 is 31.0. The van der Waals surface area contributed by atoms with Crippen molar-refractivity contribution in [3.63, 3.8) is 0 Å². The number of nitrogens with one attached hydrogen (secondary N) is 1. The number of carbonyl (C=O) groups excluding carboxylic acids is 2. The van der Waals surface area contributed by atoms with Crippen molar-refractivity contribution in [2.75, 3.05) is 26.7 Å². The van der Waals surface area contributed by atoms with Gasteiger partial charge in [-0.25, -0.2) is 9.18 Å². The maximum absolute atomic E-state index is 14.1. The zero-order valence-electron chi connectivity index (χ0n) is 18.4. The fraction of sp³-hybridized carbons (Fsp3) is 0.417. The number of rotatable bonds is 2. The highest BCUT2D eigenvalue weighted by molar-refractivity contribution is 5.99. The van der Waals surface area contributed by atoms with Gasteiger partial charge in [0.15, 0.2) is 0 Å². The van der Waals surface area contributed by atoms with Crippen LogP contribution in [0.15, 0.2) is 42.5 Å². The van der Waals surface area contributed by atoms with E-state index in [4.69, 9.17) is 14.2 Å². The zero-order valence-corrected chi connectivity index (χ0v) is 18.4. The molecular formula is C24H27FN2O5. The van der Waals surface area contributed by atoms with Crippen LogP contribution in [-0.4, -0.2) is 49.4 Å². The van der Waals surface area contributed by atoms with Gasteiger partial charge >= 0.3 is 6.09 Å². The Hall–Kier alpha value is -3.29. The van der Waals surface area contributed by atoms with Gasteiger partial charge in [0.1, 0.15) is 22.9 Å². The van der Waals surface area contributed by atoms with Crippen LogP contribution < -0.4 is 14.8 Å². The highest BCUT2D eigenvalue weighted by Crippen LogP contribution is 2.37. The summed E-state index contributed by atoms with van der Waals surface area (Å²) in [5, 5.41) is 3.01. The number of benzene rings is 2. The first-order chi connectivity index (χ1) is 15.2. The molecule has 0 unspecified atom stereocenters. The van der Waals surface area contributed by atoms with E-state index in [2.05, 4.69) is 5.32 Å². The number of carbonyl (C=O) groups is 2. The van der Waals surface area contributed by atoms with Crippen molar-refractivity contribution < 1.29 is 28.2 Å². The number of hydrogen-bond donors (Lipinski definition) is 1. The molecule has 0 atom stereocenters. The van der Waals surface area contributed by atoms with Crippen molar-refractivity contribution in [1.82, 2.24) is 10.2 Å². The van der Waals surface area contributed by atoms with Gasteiger partial charge in [-0.3, -0.25) is 4.79 Å². The van der Waals surface area contributed by atoms with Crippen molar-refractivity contribution in [1.29, 1.82) is 0 Å². The minimum absolute atomic E-state index is 0.211. The van der Waals surface area contributed by atoms with Crippen molar-refractivity contribution in [3.05, 3.63) is 59.4 Å². The van der Waals surface area contributed by atoms with Crippen LogP contribution in [0.25, 0.3) is 0 Å². The molecule has 1 fully saturated rings. The summed E-state index contributed by atoms with van der Waals surface area (Å²) in [5.74, 6) is -1.46. The monoisotopic (exact) mass is 442 g/mol. The van der Waals surface area contributed by atoms with Crippen LogP contribution in [-0.2, 0) is 10.2 Å². The molecule has 0 aromatic heterocycles. The highest BCUT2D eigenvalue weighted by atomic mass is 19.1. The Morgan fingerprint density at radius 1 is 1.06 bits per heavy atom. The first-order valence-corrected chi connectivity index (χ1v) is 10.6. The van der Waals surface area contributed by atoms with Gasteiger partial charge in [-0.15, -0.1) is 0 Å². The predicted octanol–water partition coefficient (Wildman–Crippen LogP) is 3.86. The van der Waals surface area contributed by atoms with Gasteiger partial charge in [0.25, 0.3) is 11.7 Å². The van der Waals surface area contributed by atoms with Crippen LogP contribution in [0.4, 0.5) is 9.18 Å².